The molecule has 0 unspecified atom stereocenters. The number of nitrogens with one attached hydrogen (secondary N) is 1. The van der Waals surface area contributed by atoms with Crippen molar-refractivity contribution in [2.75, 3.05) is 5.32 Å². The second-order valence-corrected chi connectivity index (χ2v) is 7.62. The van der Waals surface area contributed by atoms with Crippen molar-refractivity contribution in [2.24, 2.45) is 0 Å². The molecular weight excluding hydrogens is 386 g/mol. The predicted octanol–water partition coefficient (Wildman–Crippen LogP) is 5.42. The average molecular weight is 405 g/mol. The molecule has 0 saturated heterocycles. The molecule has 2 aromatic carbocycles. The molecule has 4 rings (SSSR count). The van der Waals surface area contributed by atoms with Gasteiger partial charge in [0.15, 0.2) is 5.76 Å². The number of hydrogen-bond acceptors (Lipinski definition) is 6. The van der Waals surface area contributed by atoms with Gasteiger partial charge in [0.25, 0.3) is 11.1 Å². The highest BCUT2D eigenvalue weighted by atomic mass is 32.2. The van der Waals surface area contributed by atoms with E-state index in [4.69, 9.17) is 8.83 Å². The van der Waals surface area contributed by atoms with Gasteiger partial charge in [0.05, 0.1) is 6.26 Å². The Morgan fingerprint density at radius 1 is 1.03 bits per heavy atom. The number of thioether (sulfide) groups is 1. The third-order valence-corrected chi connectivity index (χ3v) is 5.44. The van der Waals surface area contributed by atoms with Crippen molar-refractivity contribution in [3.05, 3.63) is 83.6 Å². The molecule has 0 aliphatic heterocycles. The van der Waals surface area contributed by atoms with Crippen molar-refractivity contribution in [1.82, 2.24) is 10.2 Å². The Labute approximate surface area is 172 Å². The Kier molecular flexibility index (Phi) is 5.48. The number of hydrogen-bond donors (Lipinski definition) is 1. The lowest BCUT2D eigenvalue weighted by Crippen LogP contribution is -2.19. The lowest BCUT2D eigenvalue weighted by Gasteiger charge is -2.16. The van der Waals surface area contributed by atoms with Crippen LogP contribution in [0.5, 0.6) is 0 Å². The fraction of sp³-hybridized carbons (Fsp3) is 0.136. The summed E-state index contributed by atoms with van der Waals surface area (Å²) in [5.41, 5.74) is 3.71. The predicted molar refractivity (Wildman–Crippen MR) is 112 cm³/mol. The van der Waals surface area contributed by atoms with Crippen molar-refractivity contribution in [2.45, 2.75) is 24.3 Å². The molecule has 0 aliphatic carbocycles. The van der Waals surface area contributed by atoms with E-state index in [-0.39, 0.29) is 11.8 Å². The van der Waals surface area contributed by atoms with Gasteiger partial charge in [0.1, 0.15) is 5.25 Å². The molecule has 29 heavy (non-hydrogen) atoms. The van der Waals surface area contributed by atoms with Gasteiger partial charge in [-0.05, 0) is 60.5 Å². The molecule has 6 nitrogen and oxygen atoms in total. The molecular formula is C22H19N3O3S. The first-order chi connectivity index (χ1) is 14.1. The zero-order valence-corrected chi connectivity index (χ0v) is 16.8. The SMILES string of the molecule is Cc1ccc(C)c(NC(=O)[C@H](Sc2nnc(-c3ccco3)o2)c2ccccc2)c1. The Balaban J connectivity index is 1.60. The number of carbonyl (C=O) groups is 1. The Morgan fingerprint density at radius 3 is 2.62 bits per heavy atom. The van der Waals surface area contributed by atoms with E-state index in [9.17, 15) is 4.79 Å². The zero-order valence-electron chi connectivity index (χ0n) is 16.0. The number of aryl methyl sites for hydroxylation is 2. The minimum atomic E-state index is -0.555. The summed E-state index contributed by atoms with van der Waals surface area (Å²) in [5, 5.41) is 10.9. The quantitative estimate of drug-likeness (QED) is 0.432. The molecule has 0 spiro atoms. The highest BCUT2D eigenvalue weighted by molar-refractivity contribution is 8.00. The van der Waals surface area contributed by atoms with Gasteiger partial charge < -0.3 is 14.2 Å². The summed E-state index contributed by atoms with van der Waals surface area (Å²) in [5.74, 6) is 0.604. The van der Waals surface area contributed by atoms with Crippen LogP contribution in [0.1, 0.15) is 21.9 Å². The number of furan rings is 1. The first kappa shape index (κ1) is 19.0. The van der Waals surface area contributed by atoms with Crippen LogP contribution >= 0.6 is 11.8 Å². The normalized spacial score (nSPS) is 11.9. The molecule has 0 bridgehead atoms. The van der Waals surface area contributed by atoms with Crippen LogP contribution in [0.4, 0.5) is 5.69 Å². The van der Waals surface area contributed by atoms with Gasteiger partial charge in [-0.15, -0.1) is 10.2 Å². The van der Waals surface area contributed by atoms with Crippen LogP contribution in [0.15, 0.2) is 81.0 Å². The van der Waals surface area contributed by atoms with E-state index in [1.54, 1.807) is 12.1 Å². The third-order valence-electron chi connectivity index (χ3n) is 4.35. The van der Waals surface area contributed by atoms with Gasteiger partial charge in [-0.25, -0.2) is 0 Å². The summed E-state index contributed by atoms with van der Waals surface area (Å²) in [6.07, 6.45) is 1.54. The van der Waals surface area contributed by atoms with Crippen molar-refractivity contribution in [3.63, 3.8) is 0 Å². The maximum atomic E-state index is 13.2. The van der Waals surface area contributed by atoms with Crippen molar-refractivity contribution in [1.29, 1.82) is 0 Å². The van der Waals surface area contributed by atoms with Crippen molar-refractivity contribution < 1.29 is 13.6 Å². The summed E-state index contributed by atoms with van der Waals surface area (Å²) in [6.45, 7) is 3.96. The van der Waals surface area contributed by atoms with Gasteiger partial charge in [0.2, 0.25) is 5.91 Å². The first-order valence-corrected chi connectivity index (χ1v) is 9.95. The van der Waals surface area contributed by atoms with E-state index in [0.29, 0.717) is 11.0 Å². The van der Waals surface area contributed by atoms with Crippen LogP contribution in [-0.4, -0.2) is 16.1 Å². The molecule has 146 valence electrons. The summed E-state index contributed by atoms with van der Waals surface area (Å²) < 4.78 is 11.0. The number of nitrogens with zero attached hydrogens (tertiary/aromatic N) is 2. The number of benzene rings is 2. The van der Waals surface area contributed by atoms with Gasteiger partial charge in [-0.1, -0.05) is 42.5 Å². The molecule has 0 fully saturated rings. The number of rotatable bonds is 6. The minimum Gasteiger partial charge on any atom is -0.459 e. The molecule has 4 aromatic rings. The molecule has 1 N–H and O–H groups in total. The highest BCUT2D eigenvalue weighted by Crippen LogP contribution is 2.37. The maximum absolute atomic E-state index is 13.2. The zero-order chi connectivity index (χ0) is 20.2. The maximum Gasteiger partial charge on any atom is 0.284 e. The first-order valence-electron chi connectivity index (χ1n) is 9.07. The lowest BCUT2D eigenvalue weighted by molar-refractivity contribution is -0.115. The van der Waals surface area contributed by atoms with Crippen LogP contribution in [0.25, 0.3) is 11.7 Å². The molecule has 2 aromatic heterocycles. The summed E-state index contributed by atoms with van der Waals surface area (Å²) in [6, 6.07) is 19.0. The van der Waals surface area contributed by atoms with Crippen molar-refractivity contribution in [3.8, 4) is 11.7 Å². The second-order valence-electron chi connectivity index (χ2n) is 6.57. The second kappa shape index (κ2) is 8.36. The van der Waals surface area contributed by atoms with E-state index in [1.165, 1.54) is 18.0 Å². The number of anilines is 1. The molecule has 7 heteroatoms. The van der Waals surface area contributed by atoms with Gasteiger partial charge >= 0.3 is 0 Å². The highest BCUT2D eigenvalue weighted by Gasteiger charge is 2.26. The fourth-order valence-electron chi connectivity index (χ4n) is 2.83. The van der Waals surface area contributed by atoms with E-state index in [2.05, 4.69) is 15.5 Å². The standard InChI is InChI=1S/C22H19N3O3S/c1-14-10-11-15(2)17(13-14)23-20(26)19(16-7-4-3-5-8-16)29-22-25-24-21(28-22)18-9-6-12-27-18/h3-13,19H,1-2H3,(H,23,26)/t19-/m1/s1. The Hall–Kier alpha value is -3.32. The molecule has 1 atom stereocenters. The van der Waals surface area contributed by atoms with E-state index >= 15 is 0 Å². The van der Waals surface area contributed by atoms with Crippen LogP contribution in [0.3, 0.4) is 0 Å². The average Bonchev–Trinajstić information content (AvgIpc) is 3.41. The molecule has 0 saturated carbocycles. The Morgan fingerprint density at radius 2 is 1.86 bits per heavy atom. The van der Waals surface area contributed by atoms with Gasteiger partial charge in [-0.2, -0.15) is 0 Å². The van der Waals surface area contributed by atoms with Crippen molar-refractivity contribution >= 4 is 23.4 Å². The lowest BCUT2D eigenvalue weighted by atomic mass is 10.1. The summed E-state index contributed by atoms with van der Waals surface area (Å²) >= 11 is 1.20. The van der Waals surface area contributed by atoms with Gasteiger partial charge in [-0.3, -0.25) is 4.79 Å². The van der Waals surface area contributed by atoms with Crippen LogP contribution in [0, 0.1) is 13.8 Å². The minimum absolute atomic E-state index is 0.160. The fourth-order valence-corrected chi connectivity index (χ4v) is 3.70. The molecule has 1 amide bonds. The number of aromatic nitrogens is 2. The third kappa shape index (κ3) is 4.41. The summed E-state index contributed by atoms with van der Waals surface area (Å²) in [4.78, 5) is 13.2. The van der Waals surface area contributed by atoms with E-state index in [1.807, 2.05) is 62.4 Å². The van der Waals surface area contributed by atoms with Gasteiger partial charge in [0, 0.05) is 5.69 Å². The number of amides is 1. The van der Waals surface area contributed by atoms with Crippen LogP contribution in [-0.2, 0) is 4.79 Å². The van der Waals surface area contributed by atoms with Crippen LogP contribution in [0.2, 0.25) is 0 Å². The number of carbonyl (C=O) groups excluding carboxylic acids is 1. The monoisotopic (exact) mass is 405 g/mol. The van der Waals surface area contributed by atoms with E-state index < -0.39 is 5.25 Å². The molecule has 0 aliphatic rings. The molecule has 2 heterocycles. The smallest absolute Gasteiger partial charge is 0.284 e. The summed E-state index contributed by atoms with van der Waals surface area (Å²) in [7, 11) is 0. The largest absolute Gasteiger partial charge is 0.459 e. The topological polar surface area (TPSA) is 81.2 Å². The van der Waals surface area contributed by atoms with E-state index in [0.717, 1.165) is 22.4 Å². The van der Waals surface area contributed by atoms with Crippen LogP contribution < -0.4 is 5.32 Å². The Bertz CT molecular complexity index is 1110. The molecule has 0 radical (unpaired) electrons.